The van der Waals surface area contributed by atoms with E-state index in [1.807, 2.05) is 6.92 Å². The molecule has 0 fully saturated rings. The van der Waals surface area contributed by atoms with E-state index in [9.17, 15) is 0 Å². The van der Waals surface area contributed by atoms with E-state index < -0.39 is 0 Å². The van der Waals surface area contributed by atoms with Gasteiger partial charge in [-0.2, -0.15) is 0 Å². The number of methoxy groups -OCH3 is 1. The molecule has 1 aliphatic carbocycles. The fraction of sp³-hybridized carbons (Fsp3) is 0.333. The van der Waals surface area contributed by atoms with Crippen LogP contribution in [0.25, 0.3) is 11.1 Å². The second-order valence-electron chi connectivity index (χ2n) is 8.70. The summed E-state index contributed by atoms with van der Waals surface area (Å²) >= 11 is 0. The minimum atomic E-state index is 0.270. The number of rotatable bonds is 4. The van der Waals surface area contributed by atoms with Crippen LogP contribution < -0.4 is 18.9 Å². The summed E-state index contributed by atoms with van der Waals surface area (Å²) in [5.74, 6) is 3.50. The first kappa shape index (κ1) is 19.5. The van der Waals surface area contributed by atoms with Gasteiger partial charge in [0.1, 0.15) is 0 Å². The molecule has 32 heavy (non-hydrogen) atoms. The Bertz CT molecular complexity index is 1190. The molecule has 0 aromatic heterocycles. The Balaban J connectivity index is 1.66. The highest BCUT2D eigenvalue weighted by molar-refractivity contribution is 5.85. The minimum Gasteiger partial charge on any atom is -0.493 e. The molecule has 0 saturated carbocycles. The van der Waals surface area contributed by atoms with Crippen molar-refractivity contribution in [3.05, 3.63) is 70.8 Å². The van der Waals surface area contributed by atoms with E-state index in [0.29, 0.717) is 6.61 Å². The van der Waals surface area contributed by atoms with E-state index in [4.69, 9.17) is 18.9 Å². The monoisotopic (exact) mass is 429 g/mol. The van der Waals surface area contributed by atoms with E-state index in [2.05, 4.69) is 60.5 Å². The summed E-state index contributed by atoms with van der Waals surface area (Å²) in [6.07, 6.45) is 0.932. The van der Waals surface area contributed by atoms with Gasteiger partial charge in [-0.1, -0.05) is 30.3 Å². The molecule has 2 aliphatic heterocycles. The molecule has 0 radical (unpaired) electrons. The Kier molecular flexibility index (Phi) is 4.54. The molecule has 3 aliphatic rings. The van der Waals surface area contributed by atoms with Crippen LogP contribution in [0.4, 0.5) is 0 Å². The van der Waals surface area contributed by atoms with Crippen LogP contribution in [0.5, 0.6) is 23.0 Å². The van der Waals surface area contributed by atoms with Crippen LogP contribution in [0.2, 0.25) is 0 Å². The van der Waals surface area contributed by atoms with Crippen molar-refractivity contribution in [2.75, 3.05) is 34.1 Å². The van der Waals surface area contributed by atoms with Gasteiger partial charge in [0.05, 0.1) is 13.7 Å². The van der Waals surface area contributed by atoms with Crippen LogP contribution in [0, 0.1) is 0 Å². The van der Waals surface area contributed by atoms with Gasteiger partial charge >= 0.3 is 0 Å². The van der Waals surface area contributed by atoms with Crippen molar-refractivity contribution in [3.8, 4) is 34.1 Å². The molecular formula is C27H27NO4. The van der Waals surface area contributed by atoms with Gasteiger partial charge in [0.25, 0.3) is 0 Å². The summed E-state index contributed by atoms with van der Waals surface area (Å²) in [5, 5.41) is 0. The molecule has 164 valence electrons. The smallest absolute Gasteiger partial charge is 0.231 e. The number of nitrogens with zero attached hydrogens (tertiary/aromatic N) is 1. The number of likely N-dealkylation sites (N-methyl/N-ethyl adjacent to an activating group) is 1. The highest BCUT2D eigenvalue weighted by Crippen LogP contribution is 2.56. The van der Waals surface area contributed by atoms with Crippen LogP contribution in [0.3, 0.4) is 0 Å². The van der Waals surface area contributed by atoms with Crippen molar-refractivity contribution in [1.29, 1.82) is 0 Å². The van der Waals surface area contributed by atoms with Crippen molar-refractivity contribution in [1.82, 2.24) is 4.90 Å². The van der Waals surface area contributed by atoms with Crippen molar-refractivity contribution < 1.29 is 18.9 Å². The molecule has 2 atom stereocenters. The molecule has 5 heteroatoms. The average molecular weight is 430 g/mol. The van der Waals surface area contributed by atoms with Crippen LogP contribution >= 0.6 is 0 Å². The molecule has 0 amide bonds. The Morgan fingerprint density at radius 2 is 1.84 bits per heavy atom. The third kappa shape index (κ3) is 2.81. The Morgan fingerprint density at radius 3 is 2.59 bits per heavy atom. The quantitative estimate of drug-likeness (QED) is 0.573. The fourth-order valence-electron chi connectivity index (χ4n) is 5.58. The molecule has 0 bridgehead atoms. The second kappa shape index (κ2) is 7.45. The molecule has 0 N–H and O–H groups in total. The molecule has 3 aromatic rings. The maximum Gasteiger partial charge on any atom is 0.231 e. The second-order valence-corrected chi connectivity index (χ2v) is 8.70. The molecule has 2 heterocycles. The van der Waals surface area contributed by atoms with Gasteiger partial charge in [-0.15, -0.1) is 0 Å². The normalized spacial score (nSPS) is 20.5. The molecule has 6 rings (SSSR count). The lowest BCUT2D eigenvalue weighted by molar-refractivity contribution is 0.174. The molecule has 0 spiro atoms. The van der Waals surface area contributed by atoms with E-state index in [0.717, 1.165) is 47.1 Å². The summed E-state index contributed by atoms with van der Waals surface area (Å²) in [6.45, 7) is 3.82. The van der Waals surface area contributed by atoms with Crippen molar-refractivity contribution in [2.45, 2.75) is 25.3 Å². The number of fused-ring (bicyclic) bond motifs is 3. The summed E-state index contributed by atoms with van der Waals surface area (Å²) in [6, 6.07) is 17.5. The Morgan fingerprint density at radius 1 is 1.06 bits per heavy atom. The number of hydrogen-bond donors (Lipinski definition) is 0. The Labute approximate surface area is 188 Å². The molecular weight excluding hydrogens is 402 g/mol. The van der Waals surface area contributed by atoms with Gasteiger partial charge in [0, 0.05) is 24.1 Å². The lowest BCUT2D eigenvalue weighted by Crippen LogP contribution is -2.38. The zero-order valence-corrected chi connectivity index (χ0v) is 18.7. The van der Waals surface area contributed by atoms with Crippen molar-refractivity contribution >= 4 is 0 Å². The molecule has 3 aromatic carbocycles. The topological polar surface area (TPSA) is 40.2 Å². The maximum absolute atomic E-state index is 6.24. The van der Waals surface area contributed by atoms with Crippen LogP contribution in [-0.2, 0) is 6.42 Å². The van der Waals surface area contributed by atoms with E-state index in [1.54, 1.807) is 7.11 Å². The van der Waals surface area contributed by atoms with Gasteiger partial charge < -0.3 is 18.9 Å². The van der Waals surface area contributed by atoms with E-state index >= 15 is 0 Å². The summed E-state index contributed by atoms with van der Waals surface area (Å²) < 4.78 is 23.6. The predicted molar refractivity (Wildman–Crippen MR) is 123 cm³/mol. The van der Waals surface area contributed by atoms with Gasteiger partial charge in [-0.3, -0.25) is 4.90 Å². The molecule has 2 unspecified atom stereocenters. The van der Waals surface area contributed by atoms with Gasteiger partial charge in [0.2, 0.25) is 6.79 Å². The first-order chi connectivity index (χ1) is 15.7. The Hall–Kier alpha value is -3.18. The lowest BCUT2D eigenvalue weighted by atomic mass is 9.72. The predicted octanol–water partition coefficient (Wildman–Crippen LogP) is 5.16. The summed E-state index contributed by atoms with van der Waals surface area (Å²) in [4.78, 5) is 2.49. The van der Waals surface area contributed by atoms with E-state index in [1.165, 1.54) is 22.3 Å². The SMILES string of the molecule is CCOc1c(OC)cc2c3c1-c1cc4c(cc1CC3N(C)CC2c1ccccc1)OCO4. The highest BCUT2D eigenvalue weighted by Gasteiger charge is 2.41. The number of ether oxygens (including phenoxy) is 4. The standard InChI is InChI=1S/C27H27NO4/c1-4-30-27-24(29-3)13-19-20(16-8-6-5-7-9-16)14-28(2)21-10-17-11-22-23(32-15-31-22)12-18(17)26(27)25(19)21/h5-9,11-13,20-21H,4,10,14-15H2,1-3H3. The van der Waals surface area contributed by atoms with Crippen LogP contribution in [0.15, 0.2) is 48.5 Å². The van der Waals surface area contributed by atoms with E-state index in [-0.39, 0.29) is 18.8 Å². The summed E-state index contributed by atoms with van der Waals surface area (Å²) in [5.41, 5.74) is 7.56. The third-order valence-electron chi connectivity index (χ3n) is 7.02. The molecule has 0 saturated heterocycles. The van der Waals surface area contributed by atoms with Gasteiger partial charge in [-0.05, 0) is 66.4 Å². The van der Waals surface area contributed by atoms with Gasteiger partial charge in [0.15, 0.2) is 23.0 Å². The van der Waals surface area contributed by atoms with Crippen molar-refractivity contribution in [2.24, 2.45) is 0 Å². The fourth-order valence-corrected chi connectivity index (χ4v) is 5.58. The maximum atomic E-state index is 6.24. The van der Waals surface area contributed by atoms with Crippen LogP contribution in [-0.4, -0.2) is 39.0 Å². The third-order valence-corrected chi connectivity index (χ3v) is 7.02. The first-order valence-electron chi connectivity index (χ1n) is 11.2. The number of benzene rings is 3. The zero-order valence-electron chi connectivity index (χ0n) is 18.7. The minimum absolute atomic E-state index is 0.270. The van der Waals surface area contributed by atoms with Gasteiger partial charge in [-0.25, -0.2) is 0 Å². The molecule has 5 nitrogen and oxygen atoms in total. The first-order valence-corrected chi connectivity index (χ1v) is 11.2. The van der Waals surface area contributed by atoms with Crippen molar-refractivity contribution in [3.63, 3.8) is 0 Å². The average Bonchev–Trinajstić information content (AvgIpc) is 3.28. The highest BCUT2D eigenvalue weighted by atomic mass is 16.7. The lowest BCUT2D eigenvalue weighted by Gasteiger charge is -2.44. The van der Waals surface area contributed by atoms with Crippen LogP contribution in [0.1, 0.15) is 41.1 Å². The number of hydrogen-bond acceptors (Lipinski definition) is 5. The largest absolute Gasteiger partial charge is 0.493 e. The zero-order chi connectivity index (χ0) is 21.8. The summed E-state index contributed by atoms with van der Waals surface area (Å²) in [7, 11) is 3.96.